The Morgan fingerprint density at radius 1 is 1.26 bits per heavy atom. The third-order valence-corrected chi connectivity index (χ3v) is 4.43. The normalized spacial score (nSPS) is 23.8. The fourth-order valence-corrected chi connectivity index (χ4v) is 3.29. The van der Waals surface area contributed by atoms with Crippen LogP contribution >= 0.6 is 0 Å². The first kappa shape index (κ1) is 14.5. The molecule has 0 aliphatic heterocycles. The molecular weight excluding hydrogens is 237 g/mol. The summed E-state index contributed by atoms with van der Waals surface area (Å²) < 4.78 is 13.7. The molecule has 1 aliphatic rings. The number of benzene rings is 1. The van der Waals surface area contributed by atoms with E-state index in [-0.39, 0.29) is 5.82 Å². The topological polar surface area (TPSA) is 12.0 Å². The highest BCUT2D eigenvalue weighted by Gasteiger charge is 2.27. The molecule has 0 amide bonds. The molecule has 1 nitrogen and oxygen atoms in total. The number of halogens is 1. The van der Waals surface area contributed by atoms with Crippen molar-refractivity contribution in [2.45, 2.75) is 59.0 Å². The summed E-state index contributed by atoms with van der Waals surface area (Å²) in [5, 5.41) is 3.60. The molecule has 2 heteroatoms. The number of hydrogen-bond acceptors (Lipinski definition) is 1. The van der Waals surface area contributed by atoms with Gasteiger partial charge in [0.15, 0.2) is 0 Å². The summed E-state index contributed by atoms with van der Waals surface area (Å²) in [6.45, 7) is 7.28. The van der Waals surface area contributed by atoms with Crippen molar-refractivity contribution in [1.29, 1.82) is 0 Å². The van der Waals surface area contributed by atoms with E-state index >= 15 is 0 Å². The molecule has 1 saturated carbocycles. The second-order valence-corrected chi connectivity index (χ2v) is 6.27. The van der Waals surface area contributed by atoms with E-state index in [0.717, 1.165) is 17.0 Å². The van der Waals surface area contributed by atoms with Crippen LogP contribution in [0.2, 0.25) is 0 Å². The summed E-state index contributed by atoms with van der Waals surface area (Å²) in [5.74, 6) is 1.36. The number of hydrogen-bond donors (Lipinski definition) is 1. The maximum Gasteiger partial charge on any atom is 0.127 e. The highest BCUT2D eigenvalue weighted by molar-refractivity contribution is 5.24. The molecular formula is C17H26FN. The van der Waals surface area contributed by atoms with Crippen LogP contribution in [0.1, 0.15) is 50.7 Å². The van der Waals surface area contributed by atoms with E-state index in [2.05, 4.69) is 19.2 Å². The standard InChI is InChI=1S/C17H26FN/c1-12(2)15-6-4-5-7-17(15)19-11-14-10-13(3)8-9-16(14)18/h8-10,12,15,17,19H,4-7,11H2,1-3H3. The van der Waals surface area contributed by atoms with Gasteiger partial charge in [-0.1, -0.05) is 44.4 Å². The Morgan fingerprint density at radius 2 is 2.00 bits per heavy atom. The zero-order chi connectivity index (χ0) is 13.8. The van der Waals surface area contributed by atoms with E-state index in [0.29, 0.717) is 18.5 Å². The summed E-state index contributed by atoms with van der Waals surface area (Å²) in [7, 11) is 0. The SMILES string of the molecule is Cc1ccc(F)c(CNC2CCCCC2C(C)C)c1. The van der Waals surface area contributed by atoms with Crippen LogP contribution in [0.4, 0.5) is 4.39 Å². The Balaban J connectivity index is 1.98. The molecule has 106 valence electrons. The molecule has 1 aliphatic carbocycles. The molecule has 0 radical (unpaired) electrons. The average Bonchev–Trinajstić information content (AvgIpc) is 2.40. The second-order valence-electron chi connectivity index (χ2n) is 6.27. The van der Waals surface area contributed by atoms with Crippen LogP contribution in [0.5, 0.6) is 0 Å². The predicted molar refractivity (Wildman–Crippen MR) is 78.6 cm³/mol. The first-order chi connectivity index (χ1) is 9.08. The Bertz CT molecular complexity index is 414. The Labute approximate surface area is 116 Å². The van der Waals surface area contributed by atoms with E-state index in [9.17, 15) is 4.39 Å². The van der Waals surface area contributed by atoms with E-state index in [1.807, 2.05) is 19.1 Å². The summed E-state index contributed by atoms with van der Waals surface area (Å²) >= 11 is 0. The minimum absolute atomic E-state index is 0.0880. The fourth-order valence-electron chi connectivity index (χ4n) is 3.29. The van der Waals surface area contributed by atoms with Crippen molar-refractivity contribution in [3.8, 4) is 0 Å². The maximum absolute atomic E-state index is 13.7. The van der Waals surface area contributed by atoms with Gasteiger partial charge in [-0.15, -0.1) is 0 Å². The van der Waals surface area contributed by atoms with Gasteiger partial charge < -0.3 is 5.32 Å². The Hall–Kier alpha value is -0.890. The van der Waals surface area contributed by atoms with E-state index in [1.54, 1.807) is 6.07 Å². The van der Waals surface area contributed by atoms with Gasteiger partial charge in [0, 0.05) is 18.2 Å². The van der Waals surface area contributed by atoms with Crippen LogP contribution < -0.4 is 5.32 Å². The largest absolute Gasteiger partial charge is 0.310 e. The van der Waals surface area contributed by atoms with E-state index in [1.165, 1.54) is 25.7 Å². The summed E-state index contributed by atoms with van der Waals surface area (Å²) in [4.78, 5) is 0. The number of nitrogens with one attached hydrogen (secondary N) is 1. The van der Waals surface area contributed by atoms with Gasteiger partial charge in [0.25, 0.3) is 0 Å². The van der Waals surface area contributed by atoms with Crippen LogP contribution in [0, 0.1) is 24.6 Å². The molecule has 2 unspecified atom stereocenters. The van der Waals surface area contributed by atoms with Crippen LogP contribution in [0.25, 0.3) is 0 Å². The zero-order valence-electron chi connectivity index (χ0n) is 12.4. The molecule has 1 N–H and O–H groups in total. The lowest BCUT2D eigenvalue weighted by Crippen LogP contribution is -2.40. The fraction of sp³-hybridized carbons (Fsp3) is 0.647. The van der Waals surface area contributed by atoms with Gasteiger partial charge in [0.05, 0.1) is 0 Å². The summed E-state index contributed by atoms with van der Waals surface area (Å²) in [5.41, 5.74) is 1.93. The van der Waals surface area contributed by atoms with Gasteiger partial charge in [0.1, 0.15) is 5.82 Å². The molecule has 0 spiro atoms. The number of rotatable bonds is 4. The average molecular weight is 263 g/mol. The minimum Gasteiger partial charge on any atom is -0.310 e. The van der Waals surface area contributed by atoms with Crippen LogP contribution in [-0.2, 0) is 6.54 Å². The zero-order valence-corrected chi connectivity index (χ0v) is 12.4. The molecule has 19 heavy (non-hydrogen) atoms. The summed E-state index contributed by atoms with van der Waals surface area (Å²) in [6.07, 6.45) is 5.19. The third-order valence-electron chi connectivity index (χ3n) is 4.43. The van der Waals surface area contributed by atoms with Crippen molar-refractivity contribution in [2.75, 3.05) is 0 Å². The molecule has 1 aromatic carbocycles. The summed E-state index contributed by atoms with van der Waals surface area (Å²) in [6, 6.07) is 5.91. The van der Waals surface area contributed by atoms with Gasteiger partial charge in [-0.3, -0.25) is 0 Å². The molecule has 2 atom stereocenters. The van der Waals surface area contributed by atoms with Gasteiger partial charge in [0.2, 0.25) is 0 Å². The van der Waals surface area contributed by atoms with Crippen molar-refractivity contribution in [1.82, 2.24) is 5.32 Å². The van der Waals surface area contributed by atoms with Crippen molar-refractivity contribution in [3.05, 3.63) is 35.1 Å². The molecule has 0 saturated heterocycles. The number of aryl methyl sites for hydroxylation is 1. The van der Waals surface area contributed by atoms with Gasteiger partial charge in [-0.05, 0) is 37.7 Å². The molecule has 0 heterocycles. The lowest BCUT2D eigenvalue weighted by Gasteiger charge is -2.35. The first-order valence-electron chi connectivity index (χ1n) is 7.56. The van der Waals surface area contributed by atoms with E-state index < -0.39 is 0 Å². The molecule has 1 aromatic rings. The molecule has 1 fully saturated rings. The first-order valence-corrected chi connectivity index (χ1v) is 7.56. The second kappa shape index (κ2) is 6.51. The lowest BCUT2D eigenvalue weighted by molar-refractivity contribution is 0.204. The van der Waals surface area contributed by atoms with Crippen molar-refractivity contribution in [3.63, 3.8) is 0 Å². The van der Waals surface area contributed by atoms with Gasteiger partial charge in [-0.2, -0.15) is 0 Å². The quantitative estimate of drug-likeness (QED) is 0.847. The molecule has 2 rings (SSSR count). The molecule has 0 aromatic heterocycles. The van der Waals surface area contributed by atoms with Gasteiger partial charge in [-0.25, -0.2) is 4.39 Å². The van der Waals surface area contributed by atoms with Crippen molar-refractivity contribution < 1.29 is 4.39 Å². The highest BCUT2D eigenvalue weighted by atomic mass is 19.1. The maximum atomic E-state index is 13.7. The highest BCUT2D eigenvalue weighted by Crippen LogP contribution is 2.30. The van der Waals surface area contributed by atoms with Gasteiger partial charge >= 0.3 is 0 Å². The Kier molecular flexibility index (Phi) is 4.98. The van der Waals surface area contributed by atoms with Crippen LogP contribution in [0.3, 0.4) is 0 Å². The minimum atomic E-state index is -0.0880. The Morgan fingerprint density at radius 3 is 2.74 bits per heavy atom. The third kappa shape index (κ3) is 3.79. The van der Waals surface area contributed by atoms with Crippen LogP contribution in [-0.4, -0.2) is 6.04 Å². The van der Waals surface area contributed by atoms with Crippen molar-refractivity contribution >= 4 is 0 Å². The predicted octanol–water partition coefficient (Wildman–Crippen LogP) is 4.44. The molecule has 0 bridgehead atoms. The van der Waals surface area contributed by atoms with E-state index in [4.69, 9.17) is 0 Å². The monoisotopic (exact) mass is 263 g/mol. The lowest BCUT2D eigenvalue weighted by atomic mass is 9.78. The van der Waals surface area contributed by atoms with Crippen LogP contribution in [0.15, 0.2) is 18.2 Å². The smallest absolute Gasteiger partial charge is 0.127 e. The van der Waals surface area contributed by atoms with Crippen molar-refractivity contribution in [2.24, 2.45) is 11.8 Å².